The van der Waals surface area contributed by atoms with E-state index in [0.717, 1.165) is 38.8 Å². The molecule has 132 valence electrons. The third kappa shape index (κ3) is 3.68. The van der Waals surface area contributed by atoms with Crippen molar-refractivity contribution in [3.05, 3.63) is 5.01 Å². The molecule has 3 heterocycles. The molecule has 7 nitrogen and oxygen atoms in total. The monoisotopic (exact) mass is 351 g/mol. The number of nitrogens with zero attached hydrogens (tertiary/aromatic N) is 4. The molecule has 0 bridgehead atoms. The number of amides is 2. The highest BCUT2D eigenvalue weighted by Crippen LogP contribution is 2.31. The van der Waals surface area contributed by atoms with Crippen LogP contribution in [0.4, 0.5) is 5.13 Å². The zero-order chi connectivity index (χ0) is 17.1. The van der Waals surface area contributed by atoms with Crippen molar-refractivity contribution in [2.24, 2.45) is 5.92 Å². The zero-order valence-corrected chi connectivity index (χ0v) is 14.9. The van der Waals surface area contributed by atoms with Crippen LogP contribution in [0.3, 0.4) is 0 Å². The molecule has 0 aliphatic carbocycles. The van der Waals surface area contributed by atoms with E-state index in [1.165, 1.54) is 11.3 Å². The average molecular weight is 351 g/mol. The van der Waals surface area contributed by atoms with Crippen molar-refractivity contribution in [1.29, 1.82) is 0 Å². The Kier molecular flexibility index (Phi) is 5.33. The first-order chi connectivity index (χ1) is 11.6. The number of unbranched alkanes of at least 4 members (excludes halogenated alkanes) is 1. The molecule has 1 aromatic heterocycles. The number of nitrogen functional groups attached to an aromatic ring is 1. The van der Waals surface area contributed by atoms with Gasteiger partial charge in [-0.05, 0) is 25.2 Å². The molecule has 1 aromatic rings. The van der Waals surface area contributed by atoms with E-state index in [1.54, 1.807) is 0 Å². The number of nitrogens with two attached hydrogens (primary N) is 1. The Hall–Kier alpha value is -1.70. The fraction of sp³-hybridized carbons (Fsp3) is 0.750. The number of hydrogen-bond acceptors (Lipinski definition) is 6. The number of aromatic nitrogens is 2. The molecular formula is C16H25N5O2S. The molecule has 0 aromatic carbocycles. The average Bonchev–Trinajstić information content (AvgIpc) is 2.98. The number of carbonyl (C=O) groups excluding carboxylic acids is 2. The normalized spacial score (nSPS) is 24.1. The molecule has 3 rings (SSSR count). The Balaban J connectivity index is 1.59. The summed E-state index contributed by atoms with van der Waals surface area (Å²) in [7, 11) is 0. The smallest absolute Gasteiger partial charge is 0.229 e. The molecule has 2 aliphatic rings. The number of rotatable bonds is 5. The van der Waals surface area contributed by atoms with E-state index in [1.807, 2.05) is 4.90 Å². The van der Waals surface area contributed by atoms with Gasteiger partial charge in [-0.3, -0.25) is 9.59 Å². The molecular weight excluding hydrogens is 326 g/mol. The third-order valence-electron chi connectivity index (χ3n) is 5.03. The van der Waals surface area contributed by atoms with Gasteiger partial charge in [-0.2, -0.15) is 0 Å². The lowest BCUT2D eigenvalue weighted by atomic mass is 9.83. The lowest BCUT2D eigenvalue weighted by Crippen LogP contribution is -2.57. The fourth-order valence-corrected chi connectivity index (χ4v) is 4.38. The van der Waals surface area contributed by atoms with Crippen molar-refractivity contribution in [2.45, 2.75) is 51.5 Å². The van der Waals surface area contributed by atoms with Crippen LogP contribution in [0.5, 0.6) is 0 Å². The number of carbonyl (C=O) groups is 2. The number of fused-ring (bicyclic) bond motifs is 1. The Morgan fingerprint density at radius 1 is 1.38 bits per heavy atom. The first kappa shape index (κ1) is 17.1. The summed E-state index contributed by atoms with van der Waals surface area (Å²) in [6, 6.07) is 0.305. The van der Waals surface area contributed by atoms with Gasteiger partial charge in [0.05, 0.1) is 6.42 Å². The van der Waals surface area contributed by atoms with Crippen LogP contribution >= 0.6 is 11.3 Å². The molecule has 0 spiro atoms. The summed E-state index contributed by atoms with van der Waals surface area (Å²) in [5.74, 6) is 0.771. The molecule has 8 heteroatoms. The van der Waals surface area contributed by atoms with Crippen molar-refractivity contribution in [1.82, 2.24) is 20.0 Å². The molecule has 2 fully saturated rings. The Bertz CT molecular complexity index is 605. The van der Waals surface area contributed by atoms with Gasteiger partial charge in [-0.25, -0.2) is 0 Å². The predicted octanol–water partition coefficient (Wildman–Crippen LogP) is 1.30. The van der Waals surface area contributed by atoms with Gasteiger partial charge < -0.3 is 15.5 Å². The maximum Gasteiger partial charge on any atom is 0.229 e. The van der Waals surface area contributed by atoms with Crippen molar-refractivity contribution < 1.29 is 9.59 Å². The summed E-state index contributed by atoms with van der Waals surface area (Å²) in [4.78, 5) is 28.7. The standard InChI is InChI=1S/C16H25N5O2S/c1-2-3-7-21-12-6-8-20(10-11(12)4-5-14(21)22)15(23)9-13-18-19-16(17)24-13/h11-12H,2-10H2,1H3,(H2,17,19)/t11-,12+/m0/s1. The zero-order valence-electron chi connectivity index (χ0n) is 14.1. The van der Waals surface area contributed by atoms with Gasteiger partial charge in [-0.1, -0.05) is 24.7 Å². The van der Waals surface area contributed by atoms with Gasteiger partial charge in [0.2, 0.25) is 16.9 Å². The molecule has 0 unspecified atom stereocenters. The second kappa shape index (κ2) is 7.46. The number of likely N-dealkylation sites (tertiary alicyclic amines) is 2. The molecule has 2 N–H and O–H groups in total. The van der Waals surface area contributed by atoms with Crippen molar-refractivity contribution >= 4 is 28.3 Å². The number of hydrogen-bond donors (Lipinski definition) is 1. The topological polar surface area (TPSA) is 92.4 Å². The van der Waals surface area contributed by atoms with E-state index in [0.29, 0.717) is 35.1 Å². The molecule has 2 amide bonds. The Labute approximate surface area is 146 Å². The minimum atomic E-state index is 0.0848. The quantitative estimate of drug-likeness (QED) is 0.863. The molecule has 24 heavy (non-hydrogen) atoms. The maximum atomic E-state index is 12.5. The van der Waals surface area contributed by atoms with Gasteiger partial charge in [-0.15, -0.1) is 10.2 Å². The summed E-state index contributed by atoms with van der Waals surface area (Å²) in [5.41, 5.74) is 5.57. The van der Waals surface area contributed by atoms with Gasteiger partial charge in [0.1, 0.15) is 5.01 Å². The summed E-state index contributed by atoms with van der Waals surface area (Å²) < 4.78 is 0. The lowest BCUT2D eigenvalue weighted by Gasteiger charge is -2.47. The van der Waals surface area contributed by atoms with Gasteiger partial charge in [0.25, 0.3) is 0 Å². The van der Waals surface area contributed by atoms with Crippen molar-refractivity contribution in [3.63, 3.8) is 0 Å². The van der Waals surface area contributed by atoms with E-state index in [-0.39, 0.29) is 18.2 Å². The lowest BCUT2D eigenvalue weighted by molar-refractivity contribution is -0.144. The van der Waals surface area contributed by atoms with E-state index >= 15 is 0 Å². The summed E-state index contributed by atoms with van der Waals surface area (Å²) in [6.07, 6.45) is 4.79. The van der Waals surface area contributed by atoms with Crippen molar-refractivity contribution in [2.75, 3.05) is 25.4 Å². The maximum absolute atomic E-state index is 12.5. The van der Waals surface area contributed by atoms with Crippen LogP contribution in [0.15, 0.2) is 0 Å². The van der Waals surface area contributed by atoms with Crippen molar-refractivity contribution in [3.8, 4) is 0 Å². The summed E-state index contributed by atoms with van der Waals surface area (Å²) in [6.45, 7) is 4.46. The number of piperidine rings is 2. The molecule has 2 aliphatic heterocycles. The van der Waals surface area contributed by atoms with E-state index in [9.17, 15) is 9.59 Å². The minimum Gasteiger partial charge on any atom is -0.374 e. The second-order valence-corrected chi connectivity index (χ2v) is 7.74. The highest BCUT2D eigenvalue weighted by Gasteiger charge is 2.39. The van der Waals surface area contributed by atoms with Crippen LogP contribution in [0, 0.1) is 5.92 Å². The Morgan fingerprint density at radius 2 is 2.21 bits per heavy atom. The fourth-order valence-electron chi connectivity index (χ4n) is 3.78. The second-order valence-electron chi connectivity index (χ2n) is 6.65. The van der Waals surface area contributed by atoms with Gasteiger partial charge >= 0.3 is 0 Å². The van der Waals surface area contributed by atoms with E-state index in [2.05, 4.69) is 22.0 Å². The Morgan fingerprint density at radius 3 is 2.92 bits per heavy atom. The molecule has 2 atom stereocenters. The van der Waals surface area contributed by atoms with Crippen LogP contribution in [-0.2, 0) is 16.0 Å². The molecule has 0 radical (unpaired) electrons. The SMILES string of the molecule is CCCCN1C(=O)CC[C@H]2CN(C(=O)Cc3nnc(N)s3)CC[C@H]21. The minimum absolute atomic E-state index is 0.0848. The van der Waals surface area contributed by atoms with Crippen LogP contribution in [0.25, 0.3) is 0 Å². The summed E-state index contributed by atoms with van der Waals surface area (Å²) >= 11 is 1.27. The van der Waals surface area contributed by atoms with Crippen LogP contribution in [0.2, 0.25) is 0 Å². The highest BCUT2D eigenvalue weighted by molar-refractivity contribution is 7.15. The largest absolute Gasteiger partial charge is 0.374 e. The van der Waals surface area contributed by atoms with Crippen LogP contribution < -0.4 is 5.73 Å². The first-order valence-corrected chi connectivity index (χ1v) is 9.55. The molecule has 0 saturated carbocycles. The summed E-state index contributed by atoms with van der Waals surface area (Å²) in [5, 5.41) is 8.76. The van der Waals surface area contributed by atoms with Crippen LogP contribution in [-0.4, -0.2) is 57.5 Å². The van der Waals surface area contributed by atoms with E-state index < -0.39 is 0 Å². The predicted molar refractivity (Wildman–Crippen MR) is 92.4 cm³/mol. The van der Waals surface area contributed by atoms with Gasteiger partial charge in [0, 0.05) is 32.1 Å². The highest BCUT2D eigenvalue weighted by atomic mass is 32.1. The van der Waals surface area contributed by atoms with E-state index in [4.69, 9.17) is 5.73 Å². The van der Waals surface area contributed by atoms with Gasteiger partial charge in [0.15, 0.2) is 0 Å². The van der Waals surface area contributed by atoms with Crippen LogP contribution in [0.1, 0.15) is 44.0 Å². The third-order valence-corrected chi connectivity index (χ3v) is 5.79. The first-order valence-electron chi connectivity index (χ1n) is 8.73. The number of anilines is 1. The molecule has 2 saturated heterocycles.